The number of nitrogens with one attached hydrogen (secondary N) is 1. The molecule has 0 aliphatic carbocycles. The second kappa shape index (κ2) is 6.38. The minimum absolute atomic E-state index is 0.457. The smallest absolute Gasteiger partial charge is 0.157 e. The first-order valence-electron chi connectivity index (χ1n) is 6.28. The minimum Gasteiger partial charge on any atom is -0.497 e. The van der Waals surface area contributed by atoms with Crippen LogP contribution in [-0.2, 0) is 4.74 Å². The highest BCUT2D eigenvalue weighted by atomic mass is 16.6. The summed E-state index contributed by atoms with van der Waals surface area (Å²) in [4.78, 5) is 0. The molecular weight excluding hydrogens is 266 g/mol. The molecule has 2 rings (SSSR count). The zero-order valence-corrected chi connectivity index (χ0v) is 11.0. The number of aliphatic hydroxyl groups excluding tert-OH is 4. The maximum Gasteiger partial charge on any atom is 0.157 e. The lowest BCUT2D eigenvalue weighted by molar-refractivity contribution is -0.221. The molecule has 0 saturated carbocycles. The van der Waals surface area contributed by atoms with Crippen molar-refractivity contribution in [1.29, 1.82) is 0 Å². The summed E-state index contributed by atoms with van der Waals surface area (Å²) in [7, 11) is 1.53. The Morgan fingerprint density at radius 1 is 1.20 bits per heavy atom. The summed E-state index contributed by atoms with van der Waals surface area (Å²) in [5.41, 5.74) is 0.619. The summed E-state index contributed by atoms with van der Waals surface area (Å²) in [5.74, 6) is 0.625. The highest BCUT2D eigenvalue weighted by Crippen LogP contribution is 2.24. The Balaban J connectivity index is 2.10. The van der Waals surface area contributed by atoms with E-state index in [9.17, 15) is 15.3 Å². The Morgan fingerprint density at radius 2 is 1.95 bits per heavy atom. The first-order chi connectivity index (χ1) is 9.56. The van der Waals surface area contributed by atoms with Crippen LogP contribution < -0.4 is 10.1 Å². The highest BCUT2D eigenvalue weighted by Gasteiger charge is 2.43. The van der Waals surface area contributed by atoms with Gasteiger partial charge in [-0.25, -0.2) is 0 Å². The lowest BCUT2D eigenvalue weighted by Gasteiger charge is -2.40. The summed E-state index contributed by atoms with van der Waals surface area (Å²) >= 11 is 0. The summed E-state index contributed by atoms with van der Waals surface area (Å²) in [6, 6.07) is 6.95. The van der Waals surface area contributed by atoms with Gasteiger partial charge in [-0.1, -0.05) is 6.07 Å². The molecule has 1 aliphatic rings. The molecule has 0 spiro atoms. The standard InChI is InChI=1S/C13H19NO6/c1-19-8-4-2-3-7(5-8)14-13-12(18)11(17)10(16)9(6-15)20-13/h2-5,9-18H,6H2,1H3/t9-,10+,11+,12+,13-/m0/s1. The molecule has 0 amide bonds. The van der Waals surface area contributed by atoms with Crippen molar-refractivity contribution in [2.75, 3.05) is 19.0 Å². The van der Waals surface area contributed by atoms with Crippen LogP contribution in [0.25, 0.3) is 0 Å². The van der Waals surface area contributed by atoms with Gasteiger partial charge in [0.15, 0.2) is 6.23 Å². The number of benzene rings is 1. The van der Waals surface area contributed by atoms with Crippen LogP contribution in [0.5, 0.6) is 5.75 Å². The zero-order valence-electron chi connectivity index (χ0n) is 11.0. The molecule has 1 aliphatic heterocycles. The van der Waals surface area contributed by atoms with E-state index in [0.717, 1.165) is 0 Å². The molecule has 0 radical (unpaired) electrons. The van der Waals surface area contributed by atoms with Crippen LogP contribution >= 0.6 is 0 Å². The summed E-state index contributed by atoms with van der Waals surface area (Å²) < 4.78 is 10.4. The molecule has 1 heterocycles. The van der Waals surface area contributed by atoms with Gasteiger partial charge in [-0.15, -0.1) is 0 Å². The van der Waals surface area contributed by atoms with E-state index in [0.29, 0.717) is 11.4 Å². The van der Waals surface area contributed by atoms with Gasteiger partial charge >= 0.3 is 0 Å². The van der Waals surface area contributed by atoms with Crippen molar-refractivity contribution >= 4 is 5.69 Å². The van der Waals surface area contributed by atoms with E-state index in [1.165, 1.54) is 7.11 Å². The van der Waals surface area contributed by atoms with Crippen LogP contribution in [0.2, 0.25) is 0 Å². The van der Waals surface area contributed by atoms with Crippen LogP contribution in [0.15, 0.2) is 24.3 Å². The predicted octanol–water partition coefficient (Wildman–Crippen LogP) is -1.09. The molecule has 0 bridgehead atoms. The summed E-state index contributed by atoms with van der Waals surface area (Å²) in [6.45, 7) is -0.457. The highest BCUT2D eigenvalue weighted by molar-refractivity contribution is 5.48. The van der Waals surface area contributed by atoms with E-state index < -0.39 is 37.3 Å². The molecule has 20 heavy (non-hydrogen) atoms. The molecule has 0 unspecified atom stereocenters. The van der Waals surface area contributed by atoms with Crippen LogP contribution in [-0.4, -0.2) is 64.8 Å². The van der Waals surface area contributed by atoms with Gasteiger partial charge in [0.2, 0.25) is 0 Å². The Bertz CT molecular complexity index is 441. The zero-order chi connectivity index (χ0) is 14.7. The fraction of sp³-hybridized carbons (Fsp3) is 0.538. The predicted molar refractivity (Wildman–Crippen MR) is 70.4 cm³/mol. The quantitative estimate of drug-likeness (QED) is 0.478. The lowest BCUT2D eigenvalue weighted by Crippen LogP contribution is -2.60. The van der Waals surface area contributed by atoms with Gasteiger partial charge < -0.3 is 35.2 Å². The number of methoxy groups -OCH3 is 1. The Morgan fingerprint density at radius 3 is 2.60 bits per heavy atom. The van der Waals surface area contributed by atoms with E-state index in [-0.39, 0.29) is 0 Å². The third-order valence-corrected chi connectivity index (χ3v) is 3.27. The number of ether oxygens (including phenoxy) is 2. The van der Waals surface area contributed by atoms with Crippen LogP contribution in [0.3, 0.4) is 0 Å². The van der Waals surface area contributed by atoms with Gasteiger partial charge in [0.05, 0.1) is 13.7 Å². The maximum absolute atomic E-state index is 9.90. The second-order valence-corrected chi connectivity index (χ2v) is 4.63. The van der Waals surface area contributed by atoms with Crippen LogP contribution in [0, 0.1) is 0 Å². The molecule has 7 heteroatoms. The van der Waals surface area contributed by atoms with Gasteiger partial charge in [-0.05, 0) is 12.1 Å². The Hall–Kier alpha value is -1.38. The number of hydrogen-bond acceptors (Lipinski definition) is 7. The Kier molecular flexibility index (Phi) is 4.79. The van der Waals surface area contributed by atoms with E-state index in [1.807, 2.05) is 0 Å². The second-order valence-electron chi connectivity index (χ2n) is 4.63. The number of hydrogen-bond donors (Lipinski definition) is 5. The lowest BCUT2D eigenvalue weighted by atomic mass is 9.98. The molecule has 1 fully saturated rings. The molecule has 5 N–H and O–H groups in total. The van der Waals surface area contributed by atoms with Gasteiger partial charge in [0.25, 0.3) is 0 Å². The Labute approximate surface area is 116 Å². The van der Waals surface area contributed by atoms with Crippen molar-refractivity contribution in [2.45, 2.75) is 30.6 Å². The molecule has 5 atom stereocenters. The van der Waals surface area contributed by atoms with Crippen molar-refractivity contribution in [3.8, 4) is 5.75 Å². The number of anilines is 1. The van der Waals surface area contributed by atoms with Crippen molar-refractivity contribution in [1.82, 2.24) is 0 Å². The van der Waals surface area contributed by atoms with Gasteiger partial charge in [0.1, 0.15) is 30.2 Å². The van der Waals surface area contributed by atoms with Crippen molar-refractivity contribution in [3.05, 3.63) is 24.3 Å². The molecule has 1 saturated heterocycles. The fourth-order valence-electron chi connectivity index (χ4n) is 2.10. The van der Waals surface area contributed by atoms with Crippen molar-refractivity contribution < 1.29 is 29.9 Å². The van der Waals surface area contributed by atoms with E-state index >= 15 is 0 Å². The van der Waals surface area contributed by atoms with E-state index in [2.05, 4.69) is 5.32 Å². The number of aliphatic hydroxyl groups is 4. The van der Waals surface area contributed by atoms with Crippen molar-refractivity contribution in [2.24, 2.45) is 0 Å². The summed E-state index contributed by atoms with van der Waals surface area (Å²) in [6.07, 6.45) is -5.96. The fourth-order valence-corrected chi connectivity index (χ4v) is 2.10. The molecular formula is C13H19NO6. The minimum atomic E-state index is -1.40. The maximum atomic E-state index is 9.90. The average molecular weight is 285 g/mol. The number of rotatable bonds is 4. The van der Waals surface area contributed by atoms with Crippen LogP contribution in [0.1, 0.15) is 0 Å². The summed E-state index contributed by atoms with van der Waals surface area (Å²) in [5, 5.41) is 41.3. The van der Waals surface area contributed by atoms with E-state index in [4.69, 9.17) is 14.6 Å². The first-order valence-corrected chi connectivity index (χ1v) is 6.28. The van der Waals surface area contributed by atoms with Gasteiger partial charge in [-0.2, -0.15) is 0 Å². The topological polar surface area (TPSA) is 111 Å². The third-order valence-electron chi connectivity index (χ3n) is 3.27. The third kappa shape index (κ3) is 3.02. The molecule has 1 aromatic rings. The normalized spacial score (nSPS) is 33.8. The van der Waals surface area contributed by atoms with Crippen LogP contribution in [0.4, 0.5) is 5.69 Å². The first kappa shape index (κ1) is 15.0. The largest absolute Gasteiger partial charge is 0.497 e. The monoisotopic (exact) mass is 285 g/mol. The SMILES string of the molecule is COc1cccc(N[C@H]2O[C@@H](CO)[C@@H](O)[C@@H](O)[C@H]2O)c1. The molecule has 7 nitrogen and oxygen atoms in total. The molecule has 0 aromatic heterocycles. The van der Waals surface area contributed by atoms with E-state index in [1.54, 1.807) is 24.3 Å². The molecule has 1 aromatic carbocycles. The molecule has 112 valence electrons. The average Bonchev–Trinajstić information content (AvgIpc) is 2.48. The van der Waals surface area contributed by atoms with Gasteiger partial charge in [-0.3, -0.25) is 0 Å². The van der Waals surface area contributed by atoms with Crippen molar-refractivity contribution in [3.63, 3.8) is 0 Å². The van der Waals surface area contributed by atoms with Gasteiger partial charge in [0, 0.05) is 11.8 Å².